The minimum Gasteiger partial charge on any atom is -0.425 e. The van der Waals surface area contributed by atoms with Gasteiger partial charge in [0.25, 0.3) is 11.8 Å². The minimum absolute atomic E-state index is 0.159. The summed E-state index contributed by atoms with van der Waals surface area (Å²) in [5.41, 5.74) is 26.0. The van der Waals surface area contributed by atoms with Crippen LogP contribution in [0.25, 0.3) is 11.1 Å². The lowest BCUT2D eigenvalue weighted by molar-refractivity contribution is -0.134. The Hall–Kier alpha value is -5.67. The third-order valence-electron chi connectivity index (χ3n) is 8.67. The highest BCUT2D eigenvalue weighted by atomic mass is 16.4. The molecule has 0 radical (unpaired) electrons. The number of nitrogens with one attached hydrogen (secondary N) is 6. The highest BCUT2D eigenvalue weighted by Gasteiger charge is 2.32. The fraction of sp³-hybridized carbons (Fsp3) is 0.417. The first kappa shape index (κ1) is 44.7. The number of imidazole rings is 1. The number of H-pyrrole nitrogens is 1. The second-order valence-electron chi connectivity index (χ2n) is 13.2. The van der Waals surface area contributed by atoms with Crippen molar-refractivity contribution in [3.63, 3.8) is 0 Å². The quantitative estimate of drug-likeness (QED) is 0.0271. The van der Waals surface area contributed by atoms with Gasteiger partial charge in [0.2, 0.25) is 23.6 Å². The highest BCUT2D eigenvalue weighted by molar-refractivity contribution is 6.43. The Labute approximate surface area is 324 Å². The van der Waals surface area contributed by atoms with Crippen LogP contribution in [0.5, 0.6) is 0 Å². The Balaban J connectivity index is 1.73. The first-order valence-electron chi connectivity index (χ1n) is 18.3. The molecule has 5 atom stereocenters. The number of hydrogen-bond donors (Lipinski definition) is 12. The lowest BCUT2D eigenvalue weighted by atomic mass is 9.86. The third-order valence-corrected chi connectivity index (χ3v) is 8.67. The maximum Gasteiger partial charge on any atom is 0.490 e. The second kappa shape index (κ2) is 22.7. The summed E-state index contributed by atoms with van der Waals surface area (Å²) in [6.45, 7) is 2.50. The molecule has 0 bridgehead atoms. The van der Waals surface area contributed by atoms with Gasteiger partial charge < -0.3 is 64.6 Å². The molecule has 19 nitrogen and oxygen atoms in total. The molecule has 0 aliphatic heterocycles. The largest absolute Gasteiger partial charge is 0.490 e. The summed E-state index contributed by atoms with van der Waals surface area (Å²) in [6, 6.07) is 9.45. The SMILES string of the molecule is CCCCc1ccc(-c2ccc(C(=O)N[C@@H](CCCCN)C(=O)N[C@@H](Cc3c[nH]cn3)C(=O)N[C@@H](N)C(=O)N[C@@H](CC(N)=O)C(=O)N[C@@H](N)B(O)O)cc2)cc1. The van der Waals surface area contributed by atoms with Crippen LogP contribution in [0.2, 0.25) is 0 Å². The topological polar surface area (TPSA) is 336 Å². The van der Waals surface area contributed by atoms with E-state index < -0.39 is 79.3 Å². The van der Waals surface area contributed by atoms with Crippen molar-refractivity contribution in [3.8, 4) is 11.1 Å². The lowest BCUT2D eigenvalue weighted by Gasteiger charge is -2.25. The van der Waals surface area contributed by atoms with E-state index in [0.29, 0.717) is 30.6 Å². The summed E-state index contributed by atoms with van der Waals surface area (Å²) in [5.74, 6) is -5.38. The van der Waals surface area contributed by atoms with Crippen molar-refractivity contribution < 1.29 is 38.8 Å². The average Bonchev–Trinajstić information content (AvgIpc) is 3.69. The number of rotatable bonds is 23. The fourth-order valence-electron chi connectivity index (χ4n) is 5.49. The Morgan fingerprint density at radius 2 is 1.38 bits per heavy atom. The summed E-state index contributed by atoms with van der Waals surface area (Å²) in [6.07, 6.45) is 4.62. The first-order valence-corrected chi connectivity index (χ1v) is 18.3. The van der Waals surface area contributed by atoms with E-state index in [-0.39, 0.29) is 12.8 Å². The molecular formula is C36H52BN11O8. The lowest BCUT2D eigenvalue weighted by Crippen LogP contribution is -2.62. The molecule has 1 aromatic heterocycles. The van der Waals surface area contributed by atoms with Crippen molar-refractivity contribution in [1.29, 1.82) is 0 Å². The van der Waals surface area contributed by atoms with Gasteiger partial charge in [-0.05, 0) is 67.5 Å². The molecule has 16 N–H and O–H groups in total. The maximum absolute atomic E-state index is 13.7. The molecule has 3 rings (SSSR count). The molecule has 0 spiro atoms. The van der Waals surface area contributed by atoms with Crippen LogP contribution < -0.4 is 49.5 Å². The van der Waals surface area contributed by atoms with Crippen molar-refractivity contribution in [2.24, 2.45) is 22.9 Å². The van der Waals surface area contributed by atoms with Crippen molar-refractivity contribution >= 4 is 42.6 Å². The Morgan fingerprint density at radius 1 is 0.768 bits per heavy atom. The first-order chi connectivity index (χ1) is 26.7. The summed E-state index contributed by atoms with van der Waals surface area (Å²) in [4.78, 5) is 84.6. The number of carbonyl (C=O) groups excluding carboxylic acids is 6. The zero-order valence-electron chi connectivity index (χ0n) is 31.2. The van der Waals surface area contributed by atoms with E-state index in [2.05, 4.69) is 50.3 Å². The van der Waals surface area contributed by atoms with Crippen molar-refractivity contribution in [2.75, 3.05) is 6.54 Å². The standard InChI is InChI=1S/C36H52BN11O8/c1-2-3-6-21-8-10-22(11-9-21)23-12-14-24(15-13-23)31(50)44-26(7-4-5-16-38)32(51)45-27(17-25-19-42-20-43-25)33(52)47-30(40)35(54)46-28(18-29(39)49)34(53)48-36(41)37(55)56/h8-15,19-20,26-28,30,36,55-56H,2-7,16-18,38,40-41H2,1H3,(H2,39,49)(H,42,43)(H,44,50)(H,45,51)(H,46,54)(H,47,52)(H,48,53)/t26-,27-,28-,30+,36+/m0/s1. The van der Waals surface area contributed by atoms with E-state index in [1.807, 2.05) is 29.6 Å². The number of carbonyl (C=O) groups is 6. The predicted octanol–water partition coefficient (Wildman–Crippen LogP) is -2.45. The molecule has 0 aliphatic carbocycles. The molecule has 6 amide bonds. The molecule has 2 aromatic carbocycles. The maximum atomic E-state index is 13.7. The summed E-state index contributed by atoms with van der Waals surface area (Å²) >= 11 is 0. The number of nitrogens with two attached hydrogens (primary N) is 4. The van der Waals surface area contributed by atoms with E-state index in [1.165, 1.54) is 18.1 Å². The summed E-state index contributed by atoms with van der Waals surface area (Å²) < 4.78 is 0. The summed E-state index contributed by atoms with van der Waals surface area (Å²) in [5, 5.41) is 30.1. The van der Waals surface area contributed by atoms with E-state index in [9.17, 15) is 28.8 Å². The Kier molecular flexibility index (Phi) is 18.1. The monoisotopic (exact) mass is 777 g/mol. The van der Waals surface area contributed by atoms with Gasteiger partial charge in [-0.15, -0.1) is 0 Å². The smallest absolute Gasteiger partial charge is 0.425 e. The number of aromatic amines is 1. The number of benzene rings is 2. The number of aromatic nitrogens is 2. The van der Waals surface area contributed by atoms with Crippen LogP contribution in [0.1, 0.15) is 67.1 Å². The van der Waals surface area contributed by atoms with Crippen LogP contribution in [0, 0.1) is 0 Å². The van der Waals surface area contributed by atoms with Gasteiger partial charge in [-0.3, -0.25) is 28.8 Å². The van der Waals surface area contributed by atoms with Gasteiger partial charge in [0.05, 0.1) is 18.4 Å². The third kappa shape index (κ3) is 14.5. The zero-order chi connectivity index (χ0) is 41.2. The molecule has 0 saturated carbocycles. The molecule has 0 unspecified atom stereocenters. The Morgan fingerprint density at radius 3 is 1.95 bits per heavy atom. The molecule has 1 heterocycles. The molecule has 0 fully saturated rings. The number of nitrogens with zero attached hydrogens (tertiary/aromatic N) is 1. The number of unbranched alkanes of at least 4 members (excludes halogenated alkanes) is 2. The van der Waals surface area contributed by atoms with Crippen LogP contribution >= 0.6 is 0 Å². The fourth-order valence-corrected chi connectivity index (χ4v) is 5.49. The predicted molar refractivity (Wildman–Crippen MR) is 207 cm³/mol. The van der Waals surface area contributed by atoms with Crippen molar-refractivity contribution in [3.05, 3.63) is 77.9 Å². The van der Waals surface area contributed by atoms with Crippen molar-refractivity contribution in [1.82, 2.24) is 36.6 Å². The average molecular weight is 778 g/mol. The number of primary amides is 1. The van der Waals surface area contributed by atoms with Crippen LogP contribution in [-0.4, -0.2) is 99.5 Å². The minimum atomic E-state index is -2.16. The zero-order valence-corrected chi connectivity index (χ0v) is 31.2. The van der Waals surface area contributed by atoms with Gasteiger partial charge >= 0.3 is 7.12 Å². The highest BCUT2D eigenvalue weighted by Crippen LogP contribution is 2.21. The van der Waals surface area contributed by atoms with E-state index in [4.69, 9.17) is 33.0 Å². The molecule has 56 heavy (non-hydrogen) atoms. The Bertz CT molecular complexity index is 1740. The molecule has 20 heteroatoms. The van der Waals surface area contributed by atoms with Crippen LogP contribution in [0.15, 0.2) is 61.1 Å². The molecule has 0 saturated heterocycles. The number of aryl methyl sites for hydroxylation is 1. The molecule has 0 aliphatic rings. The normalized spacial score (nSPS) is 13.6. The van der Waals surface area contributed by atoms with Gasteiger partial charge in [0.15, 0.2) is 6.17 Å². The van der Waals surface area contributed by atoms with E-state index in [1.54, 1.807) is 12.1 Å². The van der Waals surface area contributed by atoms with Gasteiger partial charge in [0.1, 0.15) is 24.2 Å². The van der Waals surface area contributed by atoms with Crippen LogP contribution in [0.4, 0.5) is 0 Å². The van der Waals surface area contributed by atoms with Crippen LogP contribution in [0.3, 0.4) is 0 Å². The number of amides is 6. The van der Waals surface area contributed by atoms with Gasteiger partial charge in [-0.2, -0.15) is 0 Å². The van der Waals surface area contributed by atoms with Gasteiger partial charge in [-0.25, -0.2) is 4.98 Å². The van der Waals surface area contributed by atoms with Crippen molar-refractivity contribution in [2.45, 2.75) is 88.6 Å². The molecular weight excluding hydrogens is 725 g/mol. The molecule has 302 valence electrons. The molecule has 3 aromatic rings. The number of hydrogen-bond acceptors (Lipinski definition) is 12. The van der Waals surface area contributed by atoms with Gasteiger partial charge in [-0.1, -0.05) is 49.7 Å². The van der Waals surface area contributed by atoms with Gasteiger partial charge in [0, 0.05) is 18.2 Å². The van der Waals surface area contributed by atoms with Crippen LogP contribution in [-0.2, 0) is 36.8 Å². The van der Waals surface area contributed by atoms with E-state index in [0.717, 1.165) is 30.4 Å². The second-order valence-corrected chi connectivity index (χ2v) is 13.2. The van der Waals surface area contributed by atoms with E-state index >= 15 is 0 Å². The summed E-state index contributed by atoms with van der Waals surface area (Å²) in [7, 11) is -2.16.